The molecule has 1 N–H and O–H groups in total. The second kappa shape index (κ2) is 6.06. The Morgan fingerprint density at radius 1 is 1.36 bits per heavy atom. The van der Waals surface area contributed by atoms with E-state index < -0.39 is 0 Å². The third kappa shape index (κ3) is 4.13. The molecule has 0 saturated carbocycles. The van der Waals surface area contributed by atoms with Gasteiger partial charge in [-0.1, -0.05) is 0 Å². The molecule has 0 fully saturated rings. The van der Waals surface area contributed by atoms with Crippen LogP contribution in [0.5, 0.6) is 5.75 Å². The molecule has 1 rings (SSSR count). The first-order chi connectivity index (χ1) is 6.09. The molecule has 14 heavy (non-hydrogen) atoms. The van der Waals surface area contributed by atoms with Crippen LogP contribution in [0.4, 0.5) is 0 Å². The SMILES string of the molecule is CC(C)OC(=O)c1ccc(O)cc1.[H-].[Na+]. The molecule has 0 aliphatic rings. The van der Waals surface area contributed by atoms with Crippen molar-refractivity contribution in [2.45, 2.75) is 20.0 Å². The third-order valence-electron chi connectivity index (χ3n) is 1.45. The molecule has 0 radical (unpaired) electrons. The summed E-state index contributed by atoms with van der Waals surface area (Å²) in [5.74, 6) is -0.226. The molecule has 3 nitrogen and oxygen atoms in total. The van der Waals surface area contributed by atoms with Gasteiger partial charge < -0.3 is 11.3 Å². The minimum absolute atomic E-state index is 0. The van der Waals surface area contributed by atoms with Crippen molar-refractivity contribution in [2.75, 3.05) is 0 Å². The van der Waals surface area contributed by atoms with Gasteiger partial charge in [-0.25, -0.2) is 4.79 Å². The molecule has 1 aromatic rings. The molecule has 0 unspecified atom stereocenters. The summed E-state index contributed by atoms with van der Waals surface area (Å²) in [4.78, 5) is 11.3. The predicted molar refractivity (Wildman–Crippen MR) is 49.8 cm³/mol. The molecule has 0 heterocycles. The molecule has 0 atom stereocenters. The number of benzene rings is 1. The quantitative estimate of drug-likeness (QED) is 0.500. The number of hydrogen-bond acceptors (Lipinski definition) is 3. The van der Waals surface area contributed by atoms with E-state index in [1.807, 2.05) is 0 Å². The Morgan fingerprint density at radius 2 is 1.86 bits per heavy atom. The van der Waals surface area contributed by atoms with E-state index in [1.165, 1.54) is 24.3 Å². The monoisotopic (exact) mass is 204 g/mol. The van der Waals surface area contributed by atoms with Crippen LogP contribution in [-0.4, -0.2) is 17.2 Å². The largest absolute Gasteiger partial charge is 1.00 e. The minimum Gasteiger partial charge on any atom is -1.00 e. The molecule has 0 aliphatic carbocycles. The Morgan fingerprint density at radius 3 is 2.29 bits per heavy atom. The molecule has 4 heteroatoms. The minimum atomic E-state index is -0.366. The number of ether oxygens (including phenoxy) is 1. The summed E-state index contributed by atoms with van der Waals surface area (Å²) in [5, 5.41) is 8.97. The summed E-state index contributed by atoms with van der Waals surface area (Å²) in [6.07, 6.45) is -0.124. The fraction of sp³-hybridized carbons (Fsp3) is 0.300. The summed E-state index contributed by atoms with van der Waals surface area (Å²) in [6.45, 7) is 3.58. The summed E-state index contributed by atoms with van der Waals surface area (Å²) in [6, 6.07) is 5.97. The van der Waals surface area contributed by atoms with Crippen LogP contribution in [0.2, 0.25) is 0 Å². The van der Waals surface area contributed by atoms with Crippen molar-refractivity contribution in [2.24, 2.45) is 0 Å². The zero-order chi connectivity index (χ0) is 9.84. The van der Waals surface area contributed by atoms with Gasteiger partial charge in [0.05, 0.1) is 11.7 Å². The zero-order valence-corrected chi connectivity index (χ0v) is 10.7. The molecule has 0 saturated heterocycles. The smallest absolute Gasteiger partial charge is 1.00 e. The Labute approximate surface area is 107 Å². The van der Waals surface area contributed by atoms with Gasteiger partial charge in [0.1, 0.15) is 5.75 Å². The molecule has 0 aliphatic heterocycles. The Balaban J connectivity index is 0. The summed E-state index contributed by atoms with van der Waals surface area (Å²) < 4.78 is 4.96. The van der Waals surface area contributed by atoms with E-state index in [1.54, 1.807) is 13.8 Å². The maximum Gasteiger partial charge on any atom is 1.00 e. The van der Waals surface area contributed by atoms with Crippen molar-refractivity contribution in [1.82, 2.24) is 0 Å². The second-order valence-electron chi connectivity index (χ2n) is 3.00. The van der Waals surface area contributed by atoms with Gasteiger partial charge >= 0.3 is 35.5 Å². The van der Waals surface area contributed by atoms with Crippen LogP contribution in [0.1, 0.15) is 25.6 Å². The second-order valence-corrected chi connectivity index (χ2v) is 3.00. The number of carbonyl (C=O) groups is 1. The summed E-state index contributed by atoms with van der Waals surface area (Å²) >= 11 is 0. The number of esters is 1. The van der Waals surface area contributed by atoms with E-state index >= 15 is 0 Å². The van der Waals surface area contributed by atoms with E-state index in [-0.39, 0.29) is 48.8 Å². The Bertz CT molecular complexity index is 298. The number of phenols is 1. The van der Waals surface area contributed by atoms with Crippen molar-refractivity contribution >= 4 is 5.97 Å². The van der Waals surface area contributed by atoms with E-state index in [2.05, 4.69) is 0 Å². The first kappa shape index (κ1) is 13.5. The molecular formula is C10H13NaO3. The standard InChI is InChI=1S/C10H12O3.Na.H/c1-7(2)13-10(12)8-3-5-9(11)6-4-8;;/h3-7,11H,1-2H3;;/q;+1;-1. The Kier molecular flexibility index (Phi) is 5.84. The van der Waals surface area contributed by atoms with Crippen molar-refractivity contribution in [1.29, 1.82) is 0 Å². The van der Waals surface area contributed by atoms with Gasteiger partial charge in [0.25, 0.3) is 0 Å². The van der Waals surface area contributed by atoms with E-state index in [0.29, 0.717) is 5.56 Å². The van der Waals surface area contributed by atoms with Crippen LogP contribution in [0.25, 0.3) is 0 Å². The molecule has 0 aromatic heterocycles. The zero-order valence-electron chi connectivity index (χ0n) is 9.65. The van der Waals surface area contributed by atoms with Gasteiger partial charge in [0.2, 0.25) is 0 Å². The maximum absolute atomic E-state index is 11.3. The summed E-state index contributed by atoms with van der Waals surface area (Å²) in [5.41, 5.74) is 0.450. The van der Waals surface area contributed by atoms with E-state index in [0.717, 1.165) is 0 Å². The summed E-state index contributed by atoms with van der Waals surface area (Å²) in [7, 11) is 0. The first-order valence-electron chi connectivity index (χ1n) is 4.09. The van der Waals surface area contributed by atoms with Crippen molar-refractivity contribution < 1.29 is 45.6 Å². The van der Waals surface area contributed by atoms with Gasteiger partial charge in [0.15, 0.2) is 0 Å². The van der Waals surface area contributed by atoms with Crippen LogP contribution < -0.4 is 29.6 Å². The van der Waals surface area contributed by atoms with Gasteiger partial charge in [-0.2, -0.15) is 0 Å². The van der Waals surface area contributed by atoms with Crippen molar-refractivity contribution in [3.05, 3.63) is 29.8 Å². The average Bonchev–Trinajstić information content (AvgIpc) is 2.04. The van der Waals surface area contributed by atoms with E-state index in [9.17, 15) is 4.79 Å². The molecule has 72 valence electrons. The van der Waals surface area contributed by atoms with Crippen molar-refractivity contribution in [3.63, 3.8) is 0 Å². The number of aromatic hydroxyl groups is 1. The average molecular weight is 204 g/mol. The van der Waals surface area contributed by atoms with Crippen LogP contribution in [0, 0.1) is 0 Å². The fourth-order valence-corrected chi connectivity index (χ4v) is 0.880. The number of carbonyl (C=O) groups excluding carboxylic acids is 1. The van der Waals surface area contributed by atoms with Crippen LogP contribution in [0.15, 0.2) is 24.3 Å². The Hall–Kier alpha value is -0.510. The normalized spacial score (nSPS) is 9.36. The third-order valence-corrected chi connectivity index (χ3v) is 1.45. The first-order valence-corrected chi connectivity index (χ1v) is 4.09. The molecular weight excluding hydrogens is 191 g/mol. The van der Waals surface area contributed by atoms with Crippen molar-refractivity contribution in [3.8, 4) is 5.75 Å². The van der Waals surface area contributed by atoms with Crippen LogP contribution in [-0.2, 0) is 4.74 Å². The molecule has 0 spiro atoms. The van der Waals surface area contributed by atoms with Gasteiger partial charge in [0, 0.05) is 0 Å². The van der Waals surface area contributed by atoms with E-state index in [4.69, 9.17) is 9.84 Å². The molecule has 0 amide bonds. The number of rotatable bonds is 2. The fourth-order valence-electron chi connectivity index (χ4n) is 0.880. The van der Waals surface area contributed by atoms with Gasteiger partial charge in [-0.3, -0.25) is 0 Å². The predicted octanol–water partition coefficient (Wildman–Crippen LogP) is -0.926. The number of hydrogen-bond donors (Lipinski definition) is 1. The topological polar surface area (TPSA) is 46.5 Å². The molecule has 0 bridgehead atoms. The number of phenolic OH excluding ortho intramolecular Hbond substituents is 1. The molecule has 1 aromatic carbocycles. The van der Waals surface area contributed by atoms with Gasteiger partial charge in [-0.05, 0) is 38.1 Å². The van der Waals surface area contributed by atoms with Crippen LogP contribution in [0.3, 0.4) is 0 Å². The maximum atomic E-state index is 11.3. The van der Waals surface area contributed by atoms with Gasteiger partial charge in [-0.15, -0.1) is 0 Å². The van der Waals surface area contributed by atoms with Crippen LogP contribution >= 0.6 is 0 Å².